The Labute approximate surface area is 134 Å². The molecule has 0 spiro atoms. The molecular weight excluding hydrogens is 266 g/mol. The summed E-state index contributed by atoms with van der Waals surface area (Å²) in [7, 11) is 0. The van der Waals surface area contributed by atoms with Gasteiger partial charge in [0.1, 0.15) is 0 Å². The highest BCUT2D eigenvalue weighted by molar-refractivity contribution is 5.37. The van der Waals surface area contributed by atoms with E-state index in [9.17, 15) is 0 Å². The largest absolute Gasteiger partial charge is 0.330 e. The SMILES string of the molecule is Cc1cc(C)cc(CC(CN)c2ccc3c(c2)CCCC3)c1. The van der Waals surface area contributed by atoms with Crippen LogP contribution >= 0.6 is 0 Å². The van der Waals surface area contributed by atoms with Crippen molar-refractivity contribution in [1.29, 1.82) is 0 Å². The first-order valence-corrected chi connectivity index (χ1v) is 8.54. The van der Waals surface area contributed by atoms with E-state index in [0.717, 1.165) is 6.42 Å². The van der Waals surface area contributed by atoms with E-state index < -0.39 is 0 Å². The van der Waals surface area contributed by atoms with E-state index in [1.54, 1.807) is 11.1 Å². The van der Waals surface area contributed by atoms with Gasteiger partial charge in [0.15, 0.2) is 0 Å². The Balaban J connectivity index is 1.84. The average Bonchev–Trinajstić information content (AvgIpc) is 2.51. The zero-order valence-corrected chi connectivity index (χ0v) is 13.9. The van der Waals surface area contributed by atoms with E-state index >= 15 is 0 Å². The summed E-state index contributed by atoms with van der Waals surface area (Å²) < 4.78 is 0. The first kappa shape index (κ1) is 15.3. The molecule has 1 heteroatoms. The van der Waals surface area contributed by atoms with Crippen LogP contribution < -0.4 is 5.73 Å². The first-order valence-electron chi connectivity index (χ1n) is 8.54. The van der Waals surface area contributed by atoms with Gasteiger partial charge in [-0.3, -0.25) is 0 Å². The lowest BCUT2D eigenvalue weighted by Crippen LogP contribution is -2.16. The monoisotopic (exact) mass is 293 g/mol. The minimum absolute atomic E-state index is 0.424. The minimum Gasteiger partial charge on any atom is -0.330 e. The molecule has 1 atom stereocenters. The maximum absolute atomic E-state index is 6.10. The average molecular weight is 293 g/mol. The lowest BCUT2D eigenvalue weighted by Gasteiger charge is -2.21. The molecule has 0 heterocycles. The second-order valence-electron chi connectivity index (χ2n) is 6.87. The summed E-state index contributed by atoms with van der Waals surface area (Å²) in [5, 5.41) is 0. The van der Waals surface area contributed by atoms with E-state index in [1.165, 1.54) is 47.9 Å². The summed E-state index contributed by atoms with van der Waals surface area (Å²) in [6, 6.07) is 13.9. The number of hydrogen-bond acceptors (Lipinski definition) is 1. The van der Waals surface area contributed by atoms with Gasteiger partial charge in [-0.2, -0.15) is 0 Å². The molecule has 2 aromatic carbocycles. The summed E-state index contributed by atoms with van der Waals surface area (Å²) in [6.07, 6.45) is 6.21. The van der Waals surface area contributed by atoms with Crippen molar-refractivity contribution in [3.63, 3.8) is 0 Å². The van der Waals surface area contributed by atoms with Gasteiger partial charge in [0.2, 0.25) is 0 Å². The van der Waals surface area contributed by atoms with Gasteiger partial charge in [-0.25, -0.2) is 0 Å². The summed E-state index contributed by atoms with van der Waals surface area (Å²) >= 11 is 0. The predicted octanol–water partition coefficient (Wildman–Crippen LogP) is 4.47. The van der Waals surface area contributed by atoms with Crippen LogP contribution in [0.25, 0.3) is 0 Å². The molecule has 3 rings (SSSR count). The fourth-order valence-electron chi connectivity index (χ4n) is 3.82. The number of aryl methyl sites for hydroxylation is 4. The van der Waals surface area contributed by atoms with E-state index in [4.69, 9.17) is 5.73 Å². The standard InChI is InChI=1S/C21H27N/c1-15-9-16(2)11-17(10-15)12-21(14-22)20-8-7-18-5-3-4-6-19(18)13-20/h7-11,13,21H,3-6,12,14,22H2,1-2H3. The van der Waals surface area contributed by atoms with Crippen molar-refractivity contribution in [3.8, 4) is 0 Å². The summed E-state index contributed by atoms with van der Waals surface area (Å²) in [4.78, 5) is 0. The lowest BCUT2D eigenvalue weighted by atomic mass is 9.85. The van der Waals surface area contributed by atoms with Crippen molar-refractivity contribution in [2.24, 2.45) is 5.73 Å². The number of rotatable bonds is 4. The fourth-order valence-corrected chi connectivity index (χ4v) is 3.82. The van der Waals surface area contributed by atoms with Crippen molar-refractivity contribution in [3.05, 3.63) is 69.8 Å². The summed E-state index contributed by atoms with van der Waals surface area (Å²) in [5.41, 5.74) is 14.7. The van der Waals surface area contributed by atoms with Gasteiger partial charge < -0.3 is 5.73 Å². The molecule has 1 aliphatic rings. The molecule has 2 N–H and O–H groups in total. The highest BCUT2D eigenvalue weighted by atomic mass is 14.5. The van der Waals surface area contributed by atoms with Crippen molar-refractivity contribution in [1.82, 2.24) is 0 Å². The Kier molecular flexibility index (Phi) is 4.63. The van der Waals surface area contributed by atoms with Crippen LogP contribution in [0.2, 0.25) is 0 Å². The molecule has 0 amide bonds. The molecule has 0 bridgehead atoms. The number of benzene rings is 2. The van der Waals surface area contributed by atoms with Crippen LogP contribution in [0.15, 0.2) is 36.4 Å². The molecule has 116 valence electrons. The highest BCUT2D eigenvalue weighted by Gasteiger charge is 2.15. The van der Waals surface area contributed by atoms with Gasteiger partial charge >= 0.3 is 0 Å². The maximum Gasteiger partial charge on any atom is 0.000168 e. The second-order valence-corrected chi connectivity index (χ2v) is 6.87. The highest BCUT2D eigenvalue weighted by Crippen LogP contribution is 2.27. The Morgan fingerprint density at radius 3 is 2.27 bits per heavy atom. The minimum atomic E-state index is 0.424. The third kappa shape index (κ3) is 3.41. The van der Waals surface area contributed by atoms with E-state index in [1.807, 2.05) is 0 Å². The van der Waals surface area contributed by atoms with Crippen molar-refractivity contribution < 1.29 is 0 Å². The van der Waals surface area contributed by atoms with Crippen LogP contribution in [-0.4, -0.2) is 6.54 Å². The van der Waals surface area contributed by atoms with Crippen molar-refractivity contribution in [2.45, 2.75) is 51.9 Å². The van der Waals surface area contributed by atoms with Crippen LogP contribution in [0.3, 0.4) is 0 Å². The van der Waals surface area contributed by atoms with Gasteiger partial charge in [0.05, 0.1) is 0 Å². The van der Waals surface area contributed by atoms with Gasteiger partial charge in [-0.1, -0.05) is 47.5 Å². The molecule has 0 radical (unpaired) electrons. The Bertz CT molecular complexity index is 637. The van der Waals surface area contributed by atoms with Crippen molar-refractivity contribution in [2.75, 3.05) is 6.54 Å². The van der Waals surface area contributed by atoms with Crippen LogP contribution in [0.4, 0.5) is 0 Å². The maximum atomic E-state index is 6.10. The molecule has 0 aromatic heterocycles. The molecule has 1 nitrogen and oxygen atoms in total. The molecule has 1 aliphatic carbocycles. The van der Waals surface area contributed by atoms with E-state index in [2.05, 4.69) is 50.2 Å². The third-order valence-electron chi connectivity index (χ3n) is 4.89. The van der Waals surface area contributed by atoms with Gasteiger partial charge in [0.25, 0.3) is 0 Å². The molecule has 2 aromatic rings. The number of nitrogens with two attached hydrogens (primary N) is 1. The smallest absolute Gasteiger partial charge is 0.000168 e. The Morgan fingerprint density at radius 2 is 1.59 bits per heavy atom. The zero-order valence-electron chi connectivity index (χ0n) is 13.9. The van der Waals surface area contributed by atoms with E-state index in [-0.39, 0.29) is 0 Å². The molecule has 0 saturated heterocycles. The molecule has 1 unspecified atom stereocenters. The lowest BCUT2D eigenvalue weighted by molar-refractivity contribution is 0.668. The fraction of sp³-hybridized carbons (Fsp3) is 0.429. The molecular formula is C21H27N. The number of fused-ring (bicyclic) bond motifs is 1. The molecule has 0 fully saturated rings. The molecule has 0 aliphatic heterocycles. The van der Waals surface area contributed by atoms with Gasteiger partial charge in [-0.15, -0.1) is 0 Å². The van der Waals surface area contributed by atoms with E-state index in [0.29, 0.717) is 12.5 Å². The van der Waals surface area contributed by atoms with Crippen LogP contribution in [-0.2, 0) is 19.3 Å². The topological polar surface area (TPSA) is 26.0 Å². The zero-order chi connectivity index (χ0) is 15.5. The summed E-state index contributed by atoms with van der Waals surface area (Å²) in [6.45, 7) is 5.06. The Morgan fingerprint density at radius 1 is 0.909 bits per heavy atom. The number of hydrogen-bond donors (Lipinski definition) is 1. The van der Waals surface area contributed by atoms with Gasteiger partial charge in [-0.05, 0) is 74.8 Å². The van der Waals surface area contributed by atoms with Crippen LogP contribution in [0.1, 0.15) is 52.1 Å². The Hall–Kier alpha value is -1.60. The van der Waals surface area contributed by atoms with Gasteiger partial charge in [0, 0.05) is 5.92 Å². The predicted molar refractivity (Wildman–Crippen MR) is 94.5 cm³/mol. The second kappa shape index (κ2) is 6.66. The third-order valence-corrected chi connectivity index (χ3v) is 4.89. The molecule has 0 saturated carbocycles. The molecule has 22 heavy (non-hydrogen) atoms. The van der Waals surface area contributed by atoms with Crippen LogP contribution in [0, 0.1) is 13.8 Å². The van der Waals surface area contributed by atoms with Crippen LogP contribution in [0.5, 0.6) is 0 Å². The summed E-state index contributed by atoms with van der Waals surface area (Å²) in [5.74, 6) is 0.424. The normalized spacial score (nSPS) is 15.4. The van der Waals surface area contributed by atoms with Crippen molar-refractivity contribution >= 4 is 0 Å². The first-order chi connectivity index (χ1) is 10.7. The quantitative estimate of drug-likeness (QED) is 0.884.